The first kappa shape index (κ1) is 46.5. The van der Waals surface area contributed by atoms with Crippen molar-refractivity contribution in [2.45, 2.75) is 97.9 Å². The molecular weight excluding hydrogens is 810 g/mol. The highest BCUT2D eigenvalue weighted by atomic mass is 19.4. The van der Waals surface area contributed by atoms with Gasteiger partial charge in [-0.15, -0.1) is 13.2 Å². The number of nitrogens with zero attached hydrogens (tertiary/aromatic N) is 3. The maximum absolute atomic E-state index is 13.4. The molecule has 332 valence electrons. The molecule has 3 N–H and O–H groups in total. The zero-order valence-electron chi connectivity index (χ0n) is 35.7. The zero-order chi connectivity index (χ0) is 45.1. The van der Waals surface area contributed by atoms with Crippen LogP contribution in [0.1, 0.15) is 77.5 Å². The molecule has 2 heterocycles. The molecule has 5 aromatic rings. The standard InChI is InChI=1S/C45H53F3N6O8/c1-43(2,3)61-41(57)50-21-12-22-53(42(58)62-44(4,5)6)27-30-16-18-35(19-17-30)54-28-34-26-37(51-38(34)52-39(54)55)33-23-32(24-36(25-33)60-45(46,47)48)15-10-11-20-49-40(56)59-29-31-13-8-7-9-14-31/h7-9,13-14,16-19,23-26,28H,10-12,15,20-22,27,29H2,1-6H3,(H,49,56)(H,50,57)(H,51,52,55). The lowest BCUT2D eigenvalue weighted by atomic mass is 10.0. The number of fused-ring (bicyclic) bond motifs is 1. The number of alkyl halides is 3. The Morgan fingerprint density at radius 2 is 1.45 bits per heavy atom. The molecule has 0 bridgehead atoms. The van der Waals surface area contributed by atoms with Gasteiger partial charge in [0, 0.05) is 49.0 Å². The van der Waals surface area contributed by atoms with E-state index in [9.17, 15) is 32.3 Å². The average Bonchev–Trinajstić information content (AvgIpc) is 3.59. The largest absolute Gasteiger partial charge is 0.573 e. The molecule has 0 aliphatic carbocycles. The molecule has 2 aromatic heterocycles. The Hall–Kier alpha value is -6.52. The van der Waals surface area contributed by atoms with Crippen molar-refractivity contribution in [1.29, 1.82) is 0 Å². The smallest absolute Gasteiger partial charge is 0.445 e. The Morgan fingerprint density at radius 3 is 2.13 bits per heavy atom. The van der Waals surface area contributed by atoms with E-state index in [0.29, 0.717) is 60.1 Å². The second-order valence-corrected chi connectivity index (χ2v) is 16.6. The number of aromatic nitrogens is 3. The highest BCUT2D eigenvalue weighted by Gasteiger charge is 2.31. The van der Waals surface area contributed by atoms with Crippen LogP contribution in [-0.4, -0.2) is 74.9 Å². The van der Waals surface area contributed by atoms with E-state index in [1.54, 1.807) is 84.1 Å². The van der Waals surface area contributed by atoms with E-state index in [1.807, 2.05) is 30.3 Å². The zero-order valence-corrected chi connectivity index (χ0v) is 35.7. The number of aromatic amines is 1. The summed E-state index contributed by atoms with van der Waals surface area (Å²) in [6.07, 6.45) is -3.06. The second kappa shape index (κ2) is 20.4. The van der Waals surface area contributed by atoms with Gasteiger partial charge in [0.1, 0.15) is 29.2 Å². The summed E-state index contributed by atoms with van der Waals surface area (Å²) in [4.78, 5) is 59.4. The van der Waals surface area contributed by atoms with E-state index >= 15 is 0 Å². The Balaban J connectivity index is 1.26. The molecule has 0 aliphatic rings. The molecule has 3 aromatic carbocycles. The molecule has 0 radical (unpaired) electrons. The van der Waals surface area contributed by atoms with Crippen LogP contribution in [0, 0.1) is 0 Å². The van der Waals surface area contributed by atoms with Crippen LogP contribution in [-0.2, 0) is 33.8 Å². The van der Waals surface area contributed by atoms with Crippen molar-refractivity contribution in [3.63, 3.8) is 0 Å². The fourth-order valence-electron chi connectivity index (χ4n) is 6.22. The van der Waals surface area contributed by atoms with Crippen LogP contribution in [0.2, 0.25) is 0 Å². The summed E-state index contributed by atoms with van der Waals surface area (Å²) in [6.45, 7) is 11.8. The number of aryl methyl sites for hydroxylation is 1. The molecule has 0 atom stereocenters. The monoisotopic (exact) mass is 862 g/mol. The third-order valence-corrected chi connectivity index (χ3v) is 8.91. The number of nitrogens with one attached hydrogen (secondary N) is 3. The summed E-state index contributed by atoms with van der Waals surface area (Å²) in [5.74, 6) is -0.401. The predicted molar refractivity (Wildman–Crippen MR) is 227 cm³/mol. The number of H-pyrrole nitrogens is 1. The first-order valence-electron chi connectivity index (χ1n) is 20.2. The summed E-state index contributed by atoms with van der Waals surface area (Å²) in [5.41, 5.74) is 1.73. The number of benzene rings is 3. The van der Waals surface area contributed by atoms with Crippen LogP contribution in [0.15, 0.2) is 89.9 Å². The Morgan fingerprint density at radius 1 is 0.774 bits per heavy atom. The number of hydrogen-bond donors (Lipinski definition) is 3. The van der Waals surface area contributed by atoms with Crippen molar-refractivity contribution in [2.24, 2.45) is 0 Å². The minimum atomic E-state index is -4.92. The number of amides is 3. The number of carbonyl (C=O) groups excluding carboxylic acids is 3. The highest BCUT2D eigenvalue weighted by molar-refractivity contribution is 5.83. The lowest BCUT2D eigenvalue weighted by molar-refractivity contribution is -0.274. The third kappa shape index (κ3) is 15.2. The highest BCUT2D eigenvalue weighted by Crippen LogP contribution is 2.31. The number of rotatable bonds is 16. The quantitative estimate of drug-likeness (QED) is 0.0648. The van der Waals surface area contributed by atoms with Gasteiger partial charge < -0.3 is 39.5 Å². The summed E-state index contributed by atoms with van der Waals surface area (Å²) in [7, 11) is 0. The van der Waals surface area contributed by atoms with Crippen LogP contribution < -0.4 is 21.1 Å². The molecular formula is C45H53F3N6O8. The van der Waals surface area contributed by atoms with Crippen LogP contribution >= 0.6 is 0 Å². The maximum Gasteiger partial charge on any atom is 0.573 e. The third-order valence-electron chi connectivity index (χ3n) is 8.91. The lowest BCUT2D eigenvalue weighted by Gasteiger charge is -2.27. The molecule has 3 amide bonds. The topological polar surface area (TPSA) is 166 Å². The van der Waals surface area contributed by atoms with Gasteiger partial charge in [-0.1, -0.05) is 42.5 Å². The van der Waals surface area contributed by atoms with Gasteiger partial charge in [0.05, 0.1) is 5.69 Å². The normalized spacial score (nSPS) is 11.8. The van der Waals surface area contributed by atoms with E-state index < -0.39 is 47.3 Å². The van der Waals surface area contributed by atoms with Gasteiger partial charge in [0.2, 0.25) is 0 Å². The number of carbonyl (C=O) groups is 3. The van der Waals surface area contributed by atoms with Gasteiger partial charge in [-0.2, -0.15) is 4.98 Å². The predicted octanol–water partition coefficient (Wildman–Crippen LogP) is 9.18. The van der Waals surface area contributed by atoms with Gasteiger partial charge in [-0.3, -0.25) is 4.57 Å². The average molecular weight is 863 g/mol. The van der Waals surface area contributed by atoms with Crippen molar-refractivity contribution < 1.29 is 46.5 Å². The number of unbranched alkanes of at least 4 members (excludes halogenated alkanes) is 1. The van der Waals surface area contributed by atoms with Crippen molar-refractivity contribution >= 4 is 29.3 Å². The molecule has 14 nitrogen and oxygen atoms in total. The fraction of sp³-hybridized carbons (Fsp3) is 0.400. The van der Waals surface area contributed by atoms with Crippen molar-refractivity contribution in [2.75, 3.05) is 19.6 Å². The molecule has 5 rings (SSSR count). The summed E-state index contributed by atoms with van der Waals surface area (Å²) in [6, 6.07) is 22.2. The number of ether oxygens (including phenoxy) is 4. The van der Waals surface area contributed by atoms with Crippen molar-refractivity contribution in [1.82, 2.24) is 30.1 Å². The Bertz CT molecular complexity index is 2350. The van der Waals surface area contributed by atoms with E-state index in [-0.39, 0.29) is 31.9 Å². The first-order valence-corrected chi connectivity index (χ1v) is 20.2. The van der Waals surface area contributed by atoms with Crippen LogP contribution in [0.5, 0.6) is 5.75 Å². The lowest BCUT2D eigenvalue weighted by Crippen LogP contribution is -2.38. The fourth-order valence-corrected chi connectivity index (χ4v) is 6.22. The molecule has 0 saturated carbocycles. The van der Waals surface area contributed by atoms with Gasteiger partial charge >= 0.3 is 30.3 Å². The molecule has 17 heteroatoms. The number of alkyl carbamates (subject to hydrolysis) is 2. The van der Waals surface area contributed by atoms with Gasteiger partial charge in [0.15, 0.2) is 0 Å². The number of hydrogen-bond acceptors (Lipinski definition) is 9. The summed E-state index contributed by atoms with van der Waals surface area (Å²) >= 11 is 0. The van der Waals surface area contributed by atoms with E-state index in [1.165, 1.54) is 21.6 Å². The number of halogens is 3. The summed E-state index contributed by atoms with van der Waals surface area (Å²) in [5, 5.41) is 5.90. The SMILES string of the molecule is CC(C)(C)OC(=O)NCCCN(Cc1ccc(-n2cc3cc(-c4cc(CCCCNC(=O)OCc5ccccc5)cc(OC(F)(F)F)c4)[nH]c3nc2=O)cc1)C(=O)OC(C)(C)C. The second-order valence-electron chi connectivity index (χ2n) is 16.6. The van der Waals surface area contributed by atoms with Crippen molar-refractivity contribution in [3.05, 3.63) is 112 Å². The molecule has 0 aliphatic heterocycles. The van der Waals surface area contributed by atoms with E-state index in [2.05, 4.69) is 25.3 Å². The molecule has 0 unspecified atom stereocenters. The molecule has 62 heavy (non-hydrogen) atoms. The van der Waals surface area contributed by atoms with Crippen molar-refractivity contribution in [3.8, 4) is 22.7 Å². The Kier molecular flexibility index (Phi) is 15.3. The van der Waals surface area contributed by atoms with E-state index in [0.717, 1.165) is 11.1 Å². The maximum atomic E-state index is 13.4. The minimum Gasteiger partial charge on any atom is -0.445 e. The Labute approximate surface area is 357 Å². The van der Waals surface area contributed by atoms with Gasteiger partial charge in [0.25, 0.3) is 0 Å². The minimum absolute atomic E-state index is 0.132. The van der Waals surface area contributed by atoms with Crippen LogP contribution in [0.25, 0.3) is 28.0 Å². The molecule has 0 fully saturated rings. The van der Waals surface area contributed by atoms with Crippen LogP contribution in [0.3, 0.4) is 0 Å². The van der Waals surface area contributed by atoms with Crippen LogP contribution in [0.4, 0.5) is 27.6 Å². The van der Waals surface area contributed by atoms with Gasteiger partial charge in [-0.25, -0.2) is 19.2 Å². The molecule has 0 spiro atoms. The van der Waals surface area contributed by atoms with Gasteiger partial charge in [-0.05, 0) is 120 Å². The summed E-state index contributed by atoms with van der Waals surface area (Å²) < 4.78 is 61.9. The first-order chi connectivity index (χ1) is 29.2. The molecule has 0 saturated heterocycles. The van der Waals surface area contributed by atoms with E-state index in [4.69, 9.17) is 14.2 Å².